The van der Waals surface area contributed by atoms with Crippen molar-refractivity contribution in [2.75, 3.05) is 6.54 Å². The number of hydrogen-bond acceptors (Lipinski definition) is 2. The summed E-state index contributed by atoms with van der Waals surface area (Å²) in [5.41, 5.74) is 0.842. The van der Waals surface area contributed by atoms with Gasteiger partial charge in [-0.3, -0.25) is 10.1 Å². The predicted molar refractivity (Wildman–Crippen MR) is 80.0 cm³/mol. The average molecular weight is 290 g/mol. The summed E-state index contributed by atoms with van der Waals surface area (Å²) in [6.45, 7) is 4.99. The SMILES string of the molecule is CCC(C)C1NC(c2cccc(F)c2)N(CC2CC2)C1=O. The summed E-state index contributed by atoms with van der Waals surface area (Å²) in [7, 11) is 0. The van der Waals surface area contributed by atoms with Crippen LogP contribution in [0.3, 0.4) is 0 Å². The van der Waals surface area contributed by atoms with Crippen molar-refractivity contribution in [1.82, 2.24) is 10.2 Å². The lowest BCUT2D eigenvalue weighted by atomic mass is 9.99. The van der Waals surface area contributed by atoms with Crippen LogP contribution in [0.5, 0.6) is 0 Å². The maximum Gasteiger partial charge on any atom is 0.241 e. The van der Waals surface area contributed by atoms with E-state index in [-0.39, 0.29) is 29.8 Å². The number of amides is 1. The smallest absolute Gasteiger partial charge is 0.241 e. The van der Waals surface area contributed by atoms with Gasteiger partial charge in [0.15, 0.2) is 0 Å². The molecule has 1 saturated carbocycles. The van der Waals surface area contributed by atoms with E-state index >= 15 is 0 Å². The van der Waals surface area contributed by atoms with Gasteiger partial charge in [0, 0.05) is 6.54 Å². The number of carbonyl (C=O) groups excluding carboxylic acids is 1. The lowest BCUT2D eigenvalue weighted by Crippen LogP contribution is -2.36. The summed E-state index contributed by atoms with van der Waals surface area (Å²) in [6.07, 6.45) is 3.17. The zero-order valence-corrected chi connectivity index (χ0v) is 12.7. The summed E-state index contributed by atoms with van der Waals surface area (Å²) in [4.78, 5) is 14.6. The highest BCUT2D eigenvalue weighted by atomic mass is 19.1. The van der Waals surface area contributed by atoms with Gasteiger partial charge in [-0.1, -0.05) is 32.4 Å². The summed E-state index contributed by atoms with van der Waals surface area (Å²) >= 11 is 0. The van der Waals surface area contributed by atoms with Gasteiger partial charge in [0.25, 0.3) is 0 Å². The molecule has 0 spiro atoms. The van der Waals surface area contributed by atoms with Gasteiger partial charge >= 0.3 is 0 Å². The van der Waals surface area contributed by atoms with Crippen LogP contribution in [0.15, 0.2) is 24.3 Å². The van der Waals surface area contributed by atoms with E-state index in [1.165, 1.54) is 25.0 Å². The van der Waals surface area contributed by atoms with Crippen molar-refractivity contribution >= 4 is 5.91 Å². The first-order valence-corrected chi connectivity index (χ1v) is 7.92. The van der Waals surface area contributed by atoms with Crippen molar-refractivity contribution in [2.45, 2.75) is 45.3 Å². The van der Waals surface area contributed by atoms with Gasteiger partial charge in [0.2, 0.25) is 5.91 Å². The van der Waals surface area contributed by atoms with Crippen LogP contribution in [0.4, 0.5) is 4.39 Å². The first-order valence-electron chi connectivity index (χ1n) is 7.92. The van der Waals surface area contributed by atoms with Crippen molar-refractivity contribution in [2.24, 2.45) is 11.8 Å². The van der Waals surface area contributed by atoms with Gasteiger partial charge in [0.1, 0.15) is 12.0 Å². The molecule has 3 unspecified atom stereocenters. The van der Waals surface area contributed by atoms with Gasteiger partial charge in [0.05, 0.1) is 6.04 Å². The molecule has 3 atom stereocenters. The zero-order chi connectivity index (χ0) is 15.0. The largest absolute Gasteiger partial charge is 0.321 e. The first kappa shape index (κ1) is 14.5. The highest BCUT2D eigenvalue weighted by Crippen LogP contribution is 2.36. The fourth-order valence-corrected chi connectivity index (χ4v) is 3.01. The molecule has 1 heterocycles. The molecule has 0 bridgehead atoms. The third-order valence-electron chi connectivity index (χ3n) is 4.73. The van der Waals surface area contributed by atoms with E-state index in [4.69, 9.17) is 0 Å². The highest BCUT2D eigenvalue weighted by molar-refractivity contribution is 5.85. The van der Waals surface area contributed by atoms with E-state index in [2.05, 4.69) is 19.2 Å². The number of halogens is 1. The van der Waals surface area contributed by atoms with Crippen molar-refractivity contribution in [1.29, 1.82) is 0 Å². The number of benzene rings is 1. The van der Waals surface area contributed by atoms with E-state index in [0.717, 1.165) is 18.5 Å². The Morgan fingerprint density at radius 1 is 1.43 bits per heavy atom. The Hall–Kier alpha value is -1.42. The minimum Gasteiger partial charge on any atom is -0.321 e. The number of hydrogen-bond donors (Lipinski definition) is 1. The molecule has 21 heavy (non-hydrogen) atoms. The summed E-state index contributed by atoms with van der Waals surface area (Å²) < 4.78 is 13.5. The molecule has 1 N–H and O–H groups in total. The molecule has 1 aliphatic carbocycles. The second kappa shape index (κ2) is 5.76. The Labute approximate surface area is 125 Å². The van der Waals surface area contributed by atoms with Crippen LogP contribution >= 0.6 is 0 Å². The number of nitrogens with one attached hydrogen (secondary N) is 1. The van der Waals surface area contributed by atoms with E-state index in [1.54, 1.807) is 6.07 Å². The fraction of sp³-hybridized carbons (Fsp3) is 0.588. The maximum absolute atomic E-state index is 13.5. The molecule has 1 aromatic rings. The normalized spacial score (nSPS) is 27.2. The van der Waals surface area contributed by atoms with Crippen LogP contribution in [0.1, 0.15) is 44.8 Å². The molecule has 2 aliphatic rings. The molecule has 2 fully saturated rings. The predicted octanol–water partition coefficient (Wildman–Crippen LogP) is 3.08. The second-order valence-electron chi connectivity index (χ2n) is 6.42. The van der Waals surface area contributed by atoms with Crippen molar-refractivity contribution in [3.8, 4) is 0 Å². The topological polar surface area (TPSA) is 32.3 Å². The molecule has 4 heteroatoms. The van der Waals surface area contributed by atoms with Crippen molar-refractivity contribution in [3.63, 3.8) is 0 Å². The van der Waals surface area contributed by atoms with Gasteiger partial charge in [-0.05, 0) is 42.4 Å². The number of nitrogens with zero attached hydrogens (tertiary/aromatic N) is 1. The van der Waals surface area contributed by atoms with Gasteiger partial charge < -0.3 is 4.90 Å². The Kier molecular flexibility index (Phi) is 3.98. The van der Waals surface area contributed by atoms with E-state index in [1.807, 2.05) is 11.0 Å². The molecule has 1 amide bonds. The number of carbonyl (C=O) groups is 1. The molecule has 0 aromatic heterocycles. The molecule has 114 valence electrons. The monoisotopic (exact) mass is 290 g/mol. The van der Waals surface area contributed by atoms with E-state index in [0.29, 0.717) is 5.92 Å². The summed E-state index contributed by atoms with van der Waals surface area (Å²) in [5, 5.41) is 3.43. The Morgan fingerprint density at radius 2 is 2.19 bits per heavy atom. The lowest BCUT2D eigenvalue weighted by Gasteiger charge is -2.24. The minimum absolute atomic E-state index is 0.151. The molecule has 1 aliphatic heterocycles. The Balaban J connectivity index is 1.86. The Bertz CT molecular complexity index is 529. The third-order valence-corrected chi connectivity index (χ3v) is 4.73. The molecular weight excluding hydrogens is 267 g/mol. The van der Waals surface area contributed by atoms with Crippen molar-refractivity contribution < 1.29 is 9.18 Å². The van der Waals surface area contributed by atoms with Crippen molar-refractivity contribution in [3.05, 3.63) is 35.6 Å². The average Bonchev–Trinajstić information content (AvgIpc) is 3.23. The molecule has 3 rings (SSSR count). The van der Waals surface area contributed by atoms with Crippen LogP contribution < -0.4 is 5.32 Å². The molecular formula is C17H23FN2O. The minimum atomic E-state index is -0.250. The van der Waals surface area contributed by atoms with Crippen LogP contribution in [0.25, 0.3) is 0 Å². The van der Waals surface area contributed by atoms with Gasteiger partial charge in [-0.15, -0.1) is 0 Å². The molecule has 1 saturated heterocycles. The van der Waals surface area contributed by atoms with Crippen LogP contribution in [-0.2, 0) is 4.79 Å². The van der Waals surface area contributed by atoms with E-state index < -0.39 is 0 Å². The lowest BCUT2D eigenvalue weighted by molar-refractivity contribution is -0.131. The van der Waals surface area contributed by atoms with Gasteiger partial charge in [-0.2, -0.15) is 0 Å². The summed E-state index contributed by atoms with van der Waals surface area (Å²) in [6, 6.07) is 6.43. The number of rotatable bonds is 5. The van der Waals surface area contributed by atoms with E-state index in [9.17, 15) is 9.18 Å². The fourth-order valence-electron chi connectivity index (χ4n) is 3.01. The standard InChI is InChI=1S/C17H23FN2O/c1-3-11(2)15-17(21)20(10-12-7-8-12)16(19-15)13-5-4-6-14(18)9-13/h4-6,9,11-12,15-16,19H,3,7-8,10H2,1-2H3. The van der Waals surface area contributed by atoms with Crippen LogP contribution in [-0.4, -0.2) is 23.4 Å². The zero-order valence-electron chi connectivity index (χ0n) is 12.7. The summed E-state index contributed by atoms with van der Waals surface area (Å²) in [5.74, 6) is 0.839. The van der Waals surface area contributed by atoms with Crippen LogP contribution in [0.2, 0.25) is 0 Å². The maximum atomic E-state index is 13.5. The molecule has 0 radical (unpaired) electrons. The van der Waals surface area contributed by atoms with Gasteiger partial charge in [-0.25, -0.2) is 4.39 Å². The third kappa shape index (κ3) is 2.95. The first-order chi connectivity index (χ1) is 10.1. The Morgan fingerprint density at radius 3 is 2.81 bits per heavy atom. The van der Waals surface area contributed by atoms with Crippen LogP contribution in [0, 0.1) is 17.7 Å². The quantitative estimate of drug-likeness (QED) is 0.904. The highest BCUT2D eigenvalue weighted by Gasteiger charge is 2.43. The molecule has 3 nitrogen and oxygen atoms in total. The second-order valence-corrected chi connectivity index (χ2v) is 6.42. The molecule has 1 aromatic carbocycles.